The fourth-order valence-corrected chi connectivity index (χ4v) is 0.106. The zero-order valence-corrected chi connectivity index (χ0v) is 5.95. The number of carboxylic acids is 2. The third kappa shape index (κ3) is 8.61. The Morgan fingerprint density at radius 2 is 1.64 bits per heavy atom. The first kappa shape index (κ1) is 12.3. The van der Waals surface area contributed by atoms with Gasteiger partial charge >= 0.3 is 11.9 Å². The van der Waals surface area contributed by atoms with Crippen LogP contribution in [0.1, 0.15) is 6.92 Å². The molecule has 0 aliphatic carbocycles. The third-order valence-electron chi connectivity index (χ3n) is 0.434. The van der Waals surface area contributed by atoms with Crippen molar-refractivity contribution in [3.63, 3.8) is 0 Å². The molecule has 0 radical (unpaired) electrons. The van der Waals surface area contributed by atoms with Crippen LogP contribution in [0.15, 0.2) is 12.7 Å². The number of rotatable bonds is 2. The van der Waals surface area contributed by atoms with E-state index >= 15 is 0 Å². The molecule has 0 spiro atoms. The van der Waals surface area contributed by atoms with E-state index < -0.39 is 18.1 Å². The number of halogens is 1. The fraction of sp³-hybridized carbons (Fsp3) is 0.333. The Labute approximate surface area is 63.0 Å². The summed E-state index contributed by atoms with van der Waals surface area (Å²) in [7, 11) is 0. The Bertz CT molecular complexity index is 141. The largest absolute Gasteiger partial charge is 0.479 e. The number of alkyl halides is 1. The van der Waals surface area contributed by atoms with E-state index in [4.69, 9.17) is 10.2 Å². The van der Waals surface area contributed by atoms with Gasteiger partial charge in [0.15, 0.2) is 0 Å². The van der Waals surface area contributed by atoms with Crippen LogP contribution in [-0.2, 0) is 9.59 Å². The molecule has 0 aromatic heterocycles. The molecule has 0 rings (SSSR count). The average Bonchev–Trinajstić information content (AvgIpc) is 1.87. The van der Waals surface area contributed by atoms with Crippen molar-refractivity contribution in [2.24, 2.45) is 0 Å². The lowest BCUT2D eigenvalue weighted by Gasteiger charge is -1.90. The Morgan fingerprint density at radius 1 is 1.45 bits per heavy atom. The van der Waals surface area contributed by atoms with Crippen molar-refractivity contribution in [2.75, 3.05) is 0 Å². The smallest absolute Gasteiger partial charge is 0.350 e. The van der Waals surface area contributed by atoms with Crippen LogP contribution in [0.3, 0.4) is 0 Å². The van der Waals surface area contributed by atoms with Gasteiger partial charge in [-0.1, -0.05) is 6.08 Å². The molecule has 0 saturated heterocycles. The van der Waals surface area contributed by atoms with Gasteiger partial charge in [-0.2, -0.15) is 0 Å². The van der Waals surface area contributed by atoms with E-state index in [1.54, 1.807) is 6.08 Å². The predicted molar refractivity (Wildman–Crippen MR) is 36.0 cm³/mol. The molecule has 0 heterocycles. The van der Waals surface area contributed by atoms with E-state index in [0.29, 0.717) is 0 Å². The Hall–Kier alpha value is -1.39. The maximum Gasteiger partial charge on any atom is 0.350 e. The molecule has 64 valence electrons. The van der Waals surface area contributed by atoms with Gasteiger partial charge in [-0.25, -0.2) is 14.0 Å². The first-order valence-electron chi connectivity index (χ1n) is 2.64. The van der Waals surface area contributed by atoms with Crippen LogP contribution in [0, 0.1) is 0 Å². The number of carboxylic acid groups (broad SMARTS) is 2. The normalized spacial score (nSPS) is 7.91. The van der Waals surface area contributed by atoms with Crippen LogP contribution in [0.25, 0.3) is 0 Å². The van der Waals surface area contributed by atoms with Gasteiger partial charge in [0, 0.05) is 0 Å². The first-order valence-corrected chi connectivity index (χ1v) is 2.64. The predicted octanol–water partition coefficient (Wildman–Crippen LogP) is 0.686. The number of hydrogen-bond acceptors (Lipinski definition) is 2. The zero-order chi connectivity index (χ0) is 9.44. The van der Waals surface area contributed by atoms with E-state index in [0.717, 1.165) is 0 Å². The van der Waals surface area contributed by atoms with Crippen LogP contribution >= 0.6 is 0 Å². The monoisotopic (exact) mass is 164 g/mol. The van der Waals surface area contributed by atoms with Gasteiger partial charge in [-0.3, -0.25) is 0 Å². The minimum Gasteiger partial charge on any atom is -0.479 e. The summed E-state index contributed by atoms with van der Waals surface area (Å²) in [6.07, 6.45) is -1.05. The highest BCUT2D eigenvalue weighted by molar-refractivity contribution is 5.95. The summed E-state index contributed by atoms with van der Waals surface area (Å²) in [5, 5.41) is 15.2. The first-order chi connectivity index (χ1) is 4.97. The minimum absolute atomic E-state index is 1.75. The summed E-state index contributed by atoms with van der Waals surface area (Å²) in [5.74, 6) is -3.95. The van der Waals surface area contributed by atoms with Crippen molar-refractivity contribution < 1.29 is 24.2 Å². The summed E-state index contributed by atoms with van der Waals surface area (Å²) in [6, 6.07) is 0. The lowest BCUT2D eigenvalue weighted by molar-refractivity contribution is -0.155. The van der Waals surface area contributed by atoms with Gasteiger partial charge in [0.05, 0.1) is 0 Å². The van der Waals surface area contributed by atoms with Crippen molar-refractivity contribution in [2.45, 2.75) is 13.1 Å². The molecule has 0 aliphatic heterocycles. The molecule has 0 fully saturated rings. The third-order valence-corrected chi connectivity index (χ3v) is 0.434. The van der Waals surface area contributed by atoms with Crippen molar-refractivity contribution in [1.29, 1.82) is 0 Å². The second-order valence-corrected chi connectivity index (χ2v) is 1.45. The van der Waals surface area contributed by atoms with Crippen LogP contribution in [0.4, 0.5) is 4.39 Å². The van der Waals surface area contributed by atoms with E-state index in [9.17, 15) is 14.0 Å². The summed E-state index contributed by atoms with van der Waals surface area (Å²) in [4.78, 5) is 18.8. The Kier molecular flexibility index (Phi) is 7.52. The Balaban J connectivity index is 0. The number of carbonyl (C=O) groups is 2. The van der Waals surface area contributed by atoms with E-state index in [2.05, 4.69) is 6.58 Å². The highest BCUT2D eigenvalue weighted by atomic mass is 19.1. The van der Waals surface area contributed by atoms with Crippen molar-refractivity contribution in [3.8, 4) is 0 Å². The summed E-state index contributed by atoms with van der Waals surface area (Å²) >= 11 is 0. The molecule has 0 aromatic rings. The van der Waals surface area contributed by atoms with Gasteiger partial charge < -0.3 is 10.2 Å². The van der Waals surface area contributed by atoms with Gasteiger partial charge in [0.25, 0.3) is 6.17 Å². The molecular weight excluding hydrogens is 155 g/mol. The molecule has 0 saturated carbocycles. The molecule has 0 unspecified atom stereocenters. The SMILES string of the molecule is C=CC.O=C(O)C(F)C(=O)O. The van der Waals surface area contributed by atoms with E-state index in [-0.39, 0.29) is 0 Å². The van der Waals surface area contributed by atoms with E-state index in [1.807, 2.05) is 6.92 Å². The van der Waals surface area contributed by atoms with Gasteiger partial charge in [0.1, 0.15) is 0 Å². The second kappa shape index (κ2) is 6.73. The van der Waals surface area contributed by atoms with Crippen LogP contribution in [0.2, 0.25) is 0 Å². The number of hydrogen-bond donors (Lipinski definition) is 2. The van der Waals surface area contributed by atoms with Crippen molar-refractivity contribution >= 4 is 11.9 Å². The van der Waals surface area contributed by atoms with Gasteiger partial charge in [0.2, 0.25) is 0 Å². The standard InChI is InChI=1S/C3H3FO4.C3H6/c4-1(2(5)6)3(7)8;1-3-2/h1H,(H,5,6)(H,7,8);3H,1H2,2H3. The molecule has 2 N–H and O–H groups in total. The molecule has 0 bridgehead atoms. The molecule has 5 heteroatoms. The second-order valence-electron chi connectivity index (χ2n) is 1.45. The lowest BCUT2D eigenvalue weighted by atomic mass is 10.4. The van der Waals surface area contributed by atoms with Crippen LogP contribution < -0.4 is 0 Å². The average molecular weight is 164 g/mol. The van der Waals surface area contributed by atoms with Gasteiger partial charge in [-0.15, -0.1) is 6.58 Å². The molecule has 4 nitrogen and oxygen atoms in total. The molecule has 0 aliphatic rings. The molecule has 11 heavy (non-hydrogen) atoms. The summed E-state index contributed by atoms with van der Waals surface area (Å²) in [6.45, 7) is 5.25. The fourth-order valence-electron chi connectivity index (χ4n) is 0.106. The number of allylic oxidation sites excluding steroid dienone is 1. The molecule has 0 amide bonds. The quantitative estimate of drug-likeness (QED) is 0.465. The van der Waals surface area contributed by atoms with E-state index in [1.165, 1.54) is 0 Å². The van der Waals surface area contributed by atoms with Gasteiger partial charge in [-0.05, 0) is 6.92 Å². The lowest BCUT2D eigenvalue weighted by Crippen LogP contribution is -2.24. The van der Waals surface area contributed by atoms with Crippen molar-refractivity contribution in [3.05, 3.63) is 12.7 Å². The zero-order valence-electron chi connectivity index (χ0n) is 5.95. The molecule has 0 atom stereocenters. The van der Waals surface area contributed by atoms with Crippen LogP contribution in [0.5, 0.6) is 0 Å². The maximum absolute atomic E-state index is 11.4. The van der Waals surface area contributed by atoms with Crippen molar-refractivity contribution in [1.82, 2.24) is 0 Å². The summed E-state index contributed by atoms with van der Waals surface area (Å²) < 4.78 is 11.4. The maximum atomic E-state index is 11.4. The topological polar surface area (TPSA) is 74.6 Å². The molecule has 0 aromatic carbocycles. The Morgan fingerprint density at radius 3 is 1.64 bits per heavy atom. The number of aliphatic carboxylic acids is 2. The molecular formula is C6H9FO4. The highest BCUT2D eigenvalue weighted by Gasteiger charge is 2.23. The minimum atomic E-state index is -2.80. The summed E-state index contributed by atoms with van der Waals surface area (Å²) in [5.41, 5.74) is 0. The van der Waals surface area contributed by atoms with Crippen LogP contribution in [-0.4, -0.2) is 28.3 Å². The highest BCUT2D eigenvalue weighted by Crippen LogP contribution is 1.88.